The molecule has 0 heterocycles. The summed E-state index contributed by atoms with van der Waals surface area (Å²) in [7, 11) is 0. The Morgan fingerprint density at radius 3 is 1.43 bits per heavy atom. The molecule has 0 saturated heterocycles. The van der Waals surface area contributed by atoms with Gasteiger partial charge in [-0.2, -0.15) is 0 Å². The summed E-state index contributed by atoms with van der Waals surface area (Å²) in [4.78, 5) is 0. The summed E-state index contributed by atoms with van der Waals surface area (Å²) in [6.45, 7) is 3.00. The summed E-state index contributed by atoms with van der Waals surface area (Å²) in [5, 5.41) is 6.90. The van der Waals surface area contributed by atoms with Crippen molar-refractivity contribution in [1.82, 2.24) is 0 Å². The molecule has 0 radical (unpaired) electrons. The number of aliphatic hydroxyl groups is 1. The van der Waals surface area contributed by atoms with E-state index in [0.717, 1.165) is 0 Å². The SMILES string of the molecule is CCC.F.OCF. The van der Waals surface area contributed by atoms with E-state index in [4.69, 9.17) is 5.11 Å². The van der Waals surface area contributed by atoms with Crippen LogP contribution in [0.1, 0.15) is 20.3 Å². The lowest BCUT2D eigenvalue weighted by atomic mass is 10.6. The Bertz CT molecular complexity index is 11.7. The fourth-order valence-electron chi connectivity index (χ4n) is 0. The number of halogens is 2. The van der Waals surface area contributed by atoms with Crippen LogP contribution in [-0.2, 0) is 0 Å². The number of rotatable bonds is 0. The number of hydrogen-bond donors (Lipinski definition) is 1. The van der Waals surface area contributed by atoms with Crippen LogP contribution in [0.4, 0.5) is 9.09 Å². The Labute approximate surface area is 42.5 Å². The van der Waals surface area contributed by atoms with E-state index in [2.05, 4.69) is 13.8 Å². The van der Waals surface area contributed by atoms with Crippen molar-refractivity contribution in [1.29, 1.82) is 0 Å². The van der Waals surface area contributed by atoms with Crippen molar-refractivity contribution in [3.63, 3.8) is 0 Å². The van der Waals surface area contributed by atoms with Crippen LogP contribution in [0.15, 0.2) is 0 Å². The van der Waals surface area contributed by atoms with Gasteiger partial charge in [0.05, 0.1) is 0 Å². The van der Waals surface area contributed by atoms with Crippen molar-refractivity contribution < 1.29 is 14.2 Å². The van der Waals surface area contributed by atoms with E-state index in [0.29, 0.717) is 0 Å². The minimum atomic E-state index is -1.25. The number of aliphatic hydroxyl groups excluding tert-OH is 1. The van der Waals surface area contributed by atoms with Crippen molar-refractivity contribution in [2.75, 3.05) is 6.86 Å². The molecule has 0 aromatic heterocycles. The summed E-state index contributed by atoms with van der Waals surface area (Å²) in [6.07, 6.45) is 1.25. The van der Waals surface area contributed by atoms with Crippen LogP contribution in [0.5, 0.6) is 0 Å². The van der Waals surface area contributed by atoms with E-state index < -0.39 is 6.86 Å². The summed E-state index contributed by atoms with van der Waals surface area (Å²) < 4.78 is 9.85. The van der Waals surface area contributed by atoms with Gasteiger partial charge in [-0.3, -0.25) is 4.70 Å². The molecule has 7 heavy (non-hydrogen) atoms. The van der Waals surface area contributed by atoms with Crippen LogP contribution in [0, 0.1) is 0 Å². The lowest BCUT2D eigenvalue weighted by molar-refractivity contribution is 0.168. The van der Waals surface area contributed by atoms with Crippen LogP contribution >= 0.6 is 0 Å². The van der Waals surface area contributed by atoms with Gasteiger partial charge in [0.15, 0.2) is 6.86 Å². The fourth-order valence-corrected chi connectivity index (χ4v) is 0. The Hall–Kier alpha value is -0.180. The summed E-state index contributed by atoms with van der Waals surface area (Å²) >= 11 is 0. The molecule has 0 aliphatic rings. The molecular formula is C4H12F2O. The van der Waals surface area contributed by atoms with E-state index in [1.165, 1.54) is 6.42 Å². The monoisotopic (exact) mass is 114 g/mol. The van der Waals surface area contributed by atoms with E-state index >= 15 is 0 Å². The maximum absolute atomic E-state index is 9.85. The van der Waals surface area contributed by atoms with Crippen LogP contribution in [0.2, 0.25) is 0 Å². The lowest BCUT2D eigenvalue weighted by Gasteiger charge is -1.49. The highest BCUT2D eigenvalue weighted by Gasteiger charge is 1.38. The molecule has 0 aliphatic carbocycles. The highest BCUT2D eigenvalue weighted by atomic mass is 19.1. The average molecular weight is 114 g/mol. The summed E-state index contributed by atoms with van der Waals surface area (Å²) in [5.41, 5.74) is 0. The molecular weight excluding hydrogens is 102 g/mol. The minimum absolute atomic E-state index is 0. The zero-order chi connectivity index (χ0) is 5.41. The average Bonchev–Trinajstić information content (AvgIpc) is 1.39. The molecule has 0 unspecified atom stereocenters. The molecule has 0 saturated carbocycles. The third-order valence-corrected chi connectivity index (χ3v) is 0. The first-order valence-corrected chi connectivity index (χ1v) is 2.00. The molecule has 0 aromatic carbocycles. The molecule has 0 amide bonds. The standard InChI is InChI=1S/C3H8.CH3FO.FH/c1-3-2;2-1-3;/h3H2,1-2H3;3H,1H2;1H. The van der Waals surface area contributed by atoms with Crippen molar-refractivity contribution in [3.05, 3.63) is 0 Å². The maximum Gasteiger partial charge on any atom is 0.185 e. The minimum Gasteiger partial charge on any atom is -0.366 e. The van der Waals surface area contributed by atoms with Crippen molar-refractivity contribution in [2.45, 2.75) is 20.3 Å². The van der Waals surface area contributed by atoms with Crippen LogP contribution in [0.25, 0.3) is 0 Å². The van der Waals surface area contributed by atoms with E-state index in [1.807, 2.05) is 0 Å². The van der Waals surface area contributed by atoms with Crippen LogP contribution in [-0.4, -0.2) is 12.0 Å². The summed E-state index contributed by atoms with van der Waals surface area (Å²) in [6, 6.07) is 0. The Morgan fingerprint density at radius 1 is 1.43 bits per heavy atom. The van der Waals surface area contributed by atoms with Crippen molar-refractivity contribution in [3.8, 4) is 0 Å². The molecule has 0 aliphatic heterocycles. The predicted molar refractivity (Wildman–Crippen MR) is 26.7 cm³/mol. The van der Waals surface area contributed by atoms with Gasteiger partial charge in [-0.1, -0.05) is 20.3 Å². The second-order valence-corrected chi connectivity index (χ2v) is 0.827. The normalized spacial score (nSPS) is 5.14. The maximum atomic E-state index is 9.85. The number of hydrogen-bond acceptors (Lipinski definition) is 1. The highest BCUT2D eigenvalue weighted by Crippen LogP contribution is 1.56. The third kappa shape index (κ3) is 2620. The molecule has 48 valence electrons. The molecule has 1 N–H and O–H groups in total. The van der Waals surface area contributed by atoms with E-state index in [9.17, 15) is 4.39 Å². The molecule has 3 heteroatoms. The quantitative estimate of drug-likeness (QED) is 0.505. The first-order valence-electron chi connectivity index (χ1n) is 2.00. The van der Waals surface area contributed by atoms with Gasteiger partial charge in [0.1, 0.15) is 0 Å². The van der Waals surface area contributed by atoms with Crippen molar-refractivity contribution in [2.24, 2.45) is 0 Å². The number of alkyl halides is 1. The third-order valence-electron chi connectivity index (χ3n) is 0. The zero-order valence-electron chi connectivity index (χ0n) is 4.65. The Morgan fingerprint density at radius 2 is 1.43 bits per heavy atom. The second-order valence-electron chi connectivity index (χ2n) is 0.827. The van der Waals surface area contributed by atoms with Gasteiger partial charge in [-0.05, 0) is 0 Å². The molecule has 0 fully saturated rings. The Balaban J connectivity index is -0.0000000400. The second kappa shape index (κ2) is 40.8. The highest BCUT2D eigenvalue weighted by molar-refractivity contribution is 3.92. The van der Waals surface area contributed by atoms with Gasteiger partial charge < -0.3 is 5.11 Å². The first kappa shape index (κ1) is 15.8. The molecule has 0 rings (SSSR count). The van der Waals surface area contributed by atoms with E-state index in [-0.39, 0.29) is 4.70 Å². The van der Waals surface area contributed by atoms with Gasteiger partial charge in [0, 0.05) is 0 Å². The van der Waals surface area contributed by atoms with Gasteiger partial charge in [0.25, 0.3) is 0 Å². The smallest absolute Gasteiger partial charge is 0.185 e. The topological polar surface area (TPSA) is 20.2 Å². The molecule has 0 bridgehead atoms. The van der Waals surface area contributed by atoms with Gasteiger partial charge in [0.2, 0.25) is 0 Å². The summed E-state index contributed by atoms with van der Waals surface area (Å²) in [5.74, 6) is 0. The van der Waals surface area contributed by atoms with Gasteiger partial charge in [-0.15, -0.1) is 0 Å². The van der Waals surface area contributed by atoms with Gasteiger partial charge >= 0.3 is 0 Å². The van der Waals surface area contributed by atoms with Crippen LogP contribution < -0.4 is 0 Å². The van der Waals surface area contributed by atoms with Crippen molar-refractivity contribution >= 4 is 0 Å². The molecule has 1 nitrogen and oxygen atoms in total. The predicted octanol–water partition coefficient (Wildman–Crippen LogP) is 1.47. The zero-order valence-corrected chi connectivity index (χ0v) is 4.65. The van der Waals surface area contributed by atoms with Crippen LogP contribution in [0.3, 0.4) is 0 Å². The lowest BCUT2D eigenvalue weighted by Crippen LogP contribution is -1.53. The molecule has 0 atom stereocenters. The molecule has 0 spiro atoms. The Kier molecular flexibility index (Phi) is 92.3. The van der Waals surface area contributed by atoms with Gasteiger partial charge in [-0.25, -0.2) is 4.39 Å². The first-order chi connectivity index (χ1) is 2.83. The van der Waals surface area contributed by atoms with E-state index in [1.54, 1.807) is 0 Å². The fraction of sp³-hybridized carbons (Fsp3) is 1.00. The molecule has 0 aromatic rings. The largest absolute Gasteiger partial charge is 0.366 e.